The molecule has 1 aromatic carbocycles. The van der Waals surface area contributed by atoms with Crippen molar-refractivity contribution in [2.75, 3.05) is 6.54 Å². The first-order chi connectivity index (χ1) is 9.63. The van der Waals surface area contributed by atoms with Gasteiger partial charge >= 0.3 is 0 Å². The fourth-order valence-corrected chi connectivity index (χ4v) is 2.86. The molecule has 0 bridgehead atoms. The van der Waals surface area contributed by atoms with Crippen LogP contribution in [-0.2, 0) is 19.4 Å². The Hall–Kier alpha value is -1.26. The van der Waals surface area contributed by atoms with Gasteiger partial charge in [0, 0.05) is 13.0 Å². The van der Waals surface area contributed by atoms with E-state index in [0.29, 0.717) is 5.92 Å². The monoisotopic (exact) mass is 289 g/mol. The SMILES string of the molecule is Cc1cccc(CCc2nnc(CNCC(C)C)s2)c1. The summed E-state index contributed by atoms with van der Waals surface area (Å²) in [5.41, 5.74) is 2.69. The third-order valence-electron chi connectivity index (χ3n) is 3.05. The number of nitrogens with one attached hydrogen (secondary N) is 1. The Kier molecular flexibility index (Phi) is 5.68. The van der Waals surface area contributed by atoms with E-state index in [4.69, 9.17) is 0 Å². The van der Waals surface area contributed by atoms with Crippen LogP contribution in [0.5, 0.6) is 0 Å². The molecule has 0 fully saturated rings. The van der Waals surface area contributed by atoms with Crippen LogP contribution >= 0.6 is 11.3 Å². The van der Waals surface area contributed by atoms with Crippen LogP contribution in [0.3, 0.4) is 0 Å². The lowest BCUT2D eigenvalue weighted by atomic mass is 10.1. The fraction of sp³-hybridized carbons (Fsp3) is 0.500. The maximum Gasteiger partial charge on any atom is 0.131 e. The molecule has 0 saturated carbocycles. The lowest BCUT2D eigenvalue weighted by molar-refractivity contribution is 0.550. The standard InChI is InChI=1S/C16H23N3S/c1-12(2)10-17-11-16-19-18-15(20-16)8-7-14-6-4-5-13(3)9-14/h4-6,9,12,17H,7-8,10-11H2,1-3H3. The molecular formula is C16H23N3S. The number of aromatic nitrogens is 2. The lowest BCUT2D eigenvalue weighted by Gasteiger charge is -2.04. The van der Waals surface area contributed by atoms with E-state index >= 15 is 0 Å². The summed E-state index contributed by atoms with van der Waals surface area (Å²) in [6.07, 6.45) is 2.01. The first-order valence-corrected chi connectivity index (χ1v) is 8.02. The highest BCUT2D eigenvalue weighted by Gasteiger charge is 2.05. The minimum atomic E-state index is 0.670. The molecule has 1 N–H and O–H groups in total. The second-order valence-corrected chi connectivity index (χ2v) is 6.75. The Labute approximate surface area is 125 Å². The molecule has 2 rings (SSSR count). The highest BCUT2D eigenvalue weighted by Crippen LogP contribution is 2.13. The molecule has 0 unspecified atom stereocenters. The van der Waals surface area contributed by atoms with Crippen molar-refractivity contribution in [1.82, 2.24) is 15.5 Å². The van der Waals surface area contributed by atoms with Crippen LogP contribution < -0.4 is 5.32 Å². The Balaban J connectivity index is 1.80. The summed E-state index contributed by atoms with van der Waals surface area (Å²) in [6.45, 7) is 8.41. The molecule has 0 radical (unpaired) electrons. The molecule has 0 amide bonds. The van der Waals surface area contributed by atoms with Gasteiger partial charge in [0.1, 0.15) is 10.0 Å². The summed E-state index contributed by atoms with van der Waals surface area (Å²) in [7, 11) is 0. The minimum Gasteiger partial charge on any atom is -0.310 e. The zero-order valence-electron chi connectivity index (χ0n) is 12.5. The van der Waals surface area contributed by atoms with Crippen LogP contribution in [0.4, 0.5) is 0 Å². The van der Waals surface area contributed by atoms with Gasteiger partial charge in [-0.2, -0.15) is 0 Å². The second-order valence-electron chi connectivity index (χ2n) is 5.60. The van der Waals surface area contributed by atoms with E-state index in [-0.39, 0.29) is 0 Å². The van der Waals surface area contributed by atoms with Crippen molar-refractivity contribution in [3.63, 3.8) is 0 Å². The molecule has 0 aliphatic rings. The smallest absolute Gasteiger partial charge is 0.131 e. The Morgan fingerprint density at radius 3 is 2.70 bits per heavy atom. The predicted octanol–water partition coefficient (Wildman–Crippen LogP) is 3.38. The minimum absolute atomic E-state index is 0.670. The van der Waals surface area contributed by atoms with Gasteiger partial charge in [-0.1, -0.05) is 43.7 Å². The van der Waals surface area contributed by atoms with E-state index in [0.717, 1.165) is 35.9 Å². The number of benzene rings is 1. The van der Waals surface area contributed by atoms with Gasteiger partial charge in [-0.05, 0) is 31.4 Å². The van der Waals surface area contributed by atoms with Gasteiger partial charge in [0.15, 0.2) is 0 Å². The van der Waals surface area contributed by atoms with Crippen molar-refractivity contribution in [2.24, 2.45) is 5.92 Å². The Bertz CT molecular complexity index is 534. The van der Waals surface area contributed by atoms with E-state index in [2.05, 4.69) is 60.6 Å². The van der Waals surface area contributed by atoms with Crippen molar-refractivity contribution in [1.29, 1.82) is 0 Å². The molecular weight excluding hydrogens is 266 g/mol. The van der Waals surface area contributed by atoms with Gasteiger partial charge in [-0.25, -0.2) is 0 Å². The number of rotatable bonds is 7. The van der Waals surface area contributed by atoms with Crippen LogP contribution in [0.25, 0.3) is 0 Å². The van der Waals surface area contributed by atoms with Crippen LogP contribution in [-0.4, -0.2) is 16.7 Å². The first kappa shape index (κ1) is 15.1. The summed E-state index contributed by atoms with van der Waals surface area (Å²) in [6, 6.07) is 8.67. The average molecular weight is 289 g/mol. The molecule has 20 heavy (non-hydrogen) atoms. The molecule has 3 nitrogen and oxygen atoms in total. The fourth-order valence-electron chi connectivity index (χ4n) is 2.05. The van der Waals surface area contributed by atoms with Crippen molar-refractivity contribution >= 4 is 11.3 Å². The van der Waals surface area contributed by atoms with E-state index in [1.165, 1.54) is 11.1 Å². The maximum absolute atomic E-state index is 4.28. The summed E-state index contributed by atoms with van der Waals surface area (Å²) in [5.74, 6) is 0.670. The molecule has 0 aliphatic carbocycles. The Morgan fingerprint density at radius 2 is 1.95 bits per heavy atom. The van der Waals surface area contributed by atoms with Gasteiger partial charge in [0.05, 0.1) is 0 Å². The zero-order valence-corrected chi connectivity index (χ0v) is 13.3. The molecule has 1 heterocycles. The molecule has 0 spiro atoms. The van der Waals surface area contributed by atoms with Gasteiger partial charge < -0.3 is 5.32 Å². The molecule has 1 aromatic heterocycles. The normalized spacial score (nSPS) is 11.2. The van der Waals surface area contributed by atoms with E-state index in [1.807, 2.05) is 0 Å². The van der Waals surface area contributed by atoms with Gasteiger partial charge in [0.2, 0.25) is 0 Å². The van der Waals surface area contributed by atoms with Gasteiger partial charge in [-0.15, -0.1) is 21.5 Å². The van der Waals surface area contributed by atoms with Crippen LogP contribution in [0, 0.1) is 12.8 Å². The number of hydrogen-bond donors (Lipinski definition) is 1. The second kappa shape index (κ2) is 7.50. The molecule has 108 valence electrons. The third-order valence-corrected chi connectivity index (χ3v) is 4.03. The van der Waals surface area contributed by atoms with E-state index < -0.39 is 0 Å². The highest BCUT2D eigenvalue weighted by molar-refractivity contribution is 7.11. The highest BCUT2D eigenvalue weighted by atomic mass is 32.1. The summed E-state index contributed by atoms with van der Waals surface area (Å²) >= 11 is 1.72. The molecule has 0 saturated heterocycles. The molecule has 0 atom stereocenters. The summed E-state index contributed by atoms with van der Waals surface area (Å²) in [4.78, 5) is 0. The van der Waals surface area contributed by atoms with Gasteiger partial charge in [0.25, 0.3) is 0 Å². The quantitative estimate of drug-likeness (QED) is 0.849. The summed E-state index contributed by atoms with van der Waals surface area (Å²) in [5, 5.41) is 14.2. The van der Waals surface area contributed by atoms with E-state index in [1.54, 1.807) is 11.3 Å². The average Bonchev–Trinajstić information content (AvgIpc) is 2.84. The summed E-state index contributed by atoms with van der Waals surface area (Å²) < 4.78 is 0. The molecule has 4 heteroatoms. The van der Waals surface area contributed by atoms with Crippen LogP contribution in [0.1, 0.15) is 35.0 Å². The predicted molar refractivity (Wildman–Crippen MR) is 85.0 cm³/mol. The number of aryl methyl sites for hydroxylation is 3. The lowest BCUT2D eigenvalue weighted by Crippen LogP contribution is -2.18. The van der Waals surface area contributed by atoms with Crippen molar-refractivity contribution in [2.45, 2.75) is 40.2 Å². The van der Waals surface area contributed by atoms with Crippen LogP contribution in [0.15, 0.2) is 24.3 Å². The number of hydrogen-bond acceptors (Lipinski definition) is 4. The molecule has 0 aliphatic heterocycles. The molecule has 2 aromatic rings. The third kappa shape index (κ3) is 5.02. The Morgan fingerprint density at radius 1 is 1.15 bits per heavy atom. The van der Waals surface area contributed by atoms with Crippen molar-refractivity contribution in [3.8, 4) is 0 Å². The number of nitrogens with zero attached hydrogens (tertiary/aromatic N) is 2. The van der Waals surface area contributed by atoms with Crippen molar-refractivity contribution < 1.29 is 0 Å². The van der Waals surface area contributed by atoms with E-state index in [9.17, 15) is 0 Å². The topological polar surface area (TPSA) is 37.8 Å². The van der Waals surface area contributed by atoms with Gasteiger partial charge in [-0.3, -0.25) is 0 Å². The van der Waals surface area contributed by atoms with Crippen molar-refractivity contribution in [3.05, 3.63) is 45.4 Å². The largest absolute Gasteiger partial charge is 0.310 e. The maximum atomic E-state index is 4.28. The first-order valence-electron chi connectivity index (χ1n) is 7.21. The zero-order chi connectivity index (χ0) is 14.4. The van der Waals surface area contributed by atoms with Crippen LogP contribution in [0.2, 0.25) is 0 Å².